The molecule has 0 aliphatic rings. The van der Waals surface area contributed by atoms with E-state index in [1.165, 1.54) is 7.11 Å². The van der Waals surface area contributed by atoms with Crippen LogP contribution in [0.3, 0.4) is 0 Å². The smallest absolute Gasteiger partial charge is 0.305 e. The zero-order chi connectivity index (χ0) is 10.6. The minimum atomic E-state index is -0.261. The molecule has 0 spiro atoms. The van der Waals surface area contributed by atoms with E-state index in [0.717, 1.165) is 0 Å². The fourth-order valence-electron chi connectivity index (χ4n) is 1.06. The van der Waals surface area contributed by atoms with E-state index in [-0.39, 0.29) is 12.0 Å². The Hall–Kier alpha value is -1.43. The maximum absolute atomic E-state index is 10.8. The second kappa shape index (κ2) is 4.71. The lowest BCUT2D eigenvalue weighted by molar-refractivity contribution is -0.140. The maximum atomic E-state index is 10.8. The topological polar surface area (TPSA) is 83.0 Å². The largest absolute Gasteiger partial charge is 0.469 e. The van der Waals surface area contributed by atoms with E-state index in [1.54, 1.807) is 17.9 Å². The Morgan fingerprint density at radius 3 is 3.00 bits per heavy atom. The predicted molar refractivity (Wildman–Crippen MR) is 49.2 cm³/mol. The van der Waals surface area contributed by atoms with Gasteiger partial charge in [-0.1, -0.05) is 5.21 Å². The second-order valence-electron chi connectivity index (χ2n) is 3.04. The molecule has 0 bridgehead atoms. The first-order valence-corrected chi connectivity index (χ1v) is 4.32. The highest BCUT2D eigenvalue weighted by molar-refractivity contribution is 5.69. The third kappa shape index (κ3) is 2.81. The van der Waals surface area contributed by atoms with Crippen LogP contribution in [-0.2, 0) is 16.6 Å². The summed E-state index contributed by atoms with van der Waals surface area (Å²) in [6, 6.07) is -0.261. The first-order valence-electron chi connectivity index (χ1n) is 4.32. The van der Waals surface area contributed by atoms with Gasteiger partial charge < -0.3 is 10.5 Å². The quantitative estimate of drug-likeness (QED) is 0.675. The van der Waals surface area contributed by atoms with Crippen LogP contribution in [0, 0.1) is 0 Å². The van der Waals surface area contributed by atoms with E-state index >= 15 is 0 Å². The van der Waals surface area contributed by atoms with Gasteiger partial charge >= 0.3 is 5.97 Å². The van der Waals surface area contributed by atoms with Crippen molar-refractivity contribution in [1.82, 2.24) is 15.0 Å². The van der Waals surface area contributed by atoms with E-state index in [4.69, 9.17) is 5.73 Å². The van der Waals surface area contributed by atoms with Gasteiger partial charge in [0.05, 0.1) is 18.8 Å². The molecule has 1 heterocycles. The van der Waals surface area contributed by atoms with Gasteiger partial charge in [0.1, 0.15) is 0 Å². The number of ether oxygens (including phenoxy) is 1. The van der Waals surface area contributed by atoms with Gasteiger partial charge in [-0.3, -0.25) is 9.48 Å². The molecular formula is C8H14N4O2. The molecule has 0 amide bonds. The molecule has 1 unspecified atom stereocenters. The van der Waals surface area contributed by atoms with Crippen molar-refractivity contribution in [2.75, 3.05) is 7.11 Å². The van der Waals surface area contributed by atoms with Crippen molar-refractivity contribution in [3.05, 3.63) is 11.9 Å². The fraction of sp³-hybridized carbons (Fsp3) is 0.625. The second-order valence-corrected chi connectivity index (χ2v) is 3.04. The number of carbonyl (C=O) groups excluding carboxylic acids is 1. The van der Waals surface area contributed by atoms with Crippen LogP contribution in [0.2, 0.25) is 0 Å². The van der Waals surface area contributed by atoms with E-state index in [2.05, 4.69) is 15.0 Å². The lowest BCUT2D eigenvalue weighted by atomic mass is 10.1. The van der Waals surface area contributed by atoms with Crippen molar-refractivity contribution in [3.8, 4) is 0 Å². The Morgan fingerprint density at radius 2 is 2.50 bits per heavy atom. The van der Waals surface area contributed by atoms with Crippen LogP contribution >= 0.6 is 0 Å². The number of esters is 1. The Labute approximate surface area is 82.0 Å². The minimum Gasteiger partial charge on any atom is -0.469 e. The molecule has 0 fully saturated rings. The lowest BCUT2D eigenvalue weighted by Crippen LogP contribution is -2.13. The average Bonchev–Trinajstić information content (AvgIpc) is 2.60. The van der Waals surface area contributed by atoms with Crippen LogP contribution in [0.1, 0.15) is 24.6 Å². The van der Waals surface area contributed by atoms with E-state index in [1.807, 2.05) is 0 Å². The molecule has 78 valence electrons. The van der Waals surface area contributed by atoms with Crippen LogP contribution in [-0.4, -0.2) is 28.1 Å². The third-order valence-electron chi connectivity index (χ3n) is 1.89. The molecule has 1 aromatic heterocycles. The number of nitrogens with two attached hydrogens (primary N) is 1. The van der Waals surface area contributed by atoms with Gasteiger partial charge in [0.25, 0.3) is 0 Å². The van der Waals surface area contributed by atoms with Crippen molar-refractivity contribution in [2.24, 2.45) is 12.8 Å². The molecule has 0 radical (unpaired) electrons. The van der Waals surface area contributed by atoms with Gasteiger partial charge in [-0.15, -0.1) is 5.10 Å². The summed E-state index contributed by atoms with van der Waals surface area (Å²) in [7, 11) is 3.12. The maximum Gasteiger partial charge on any atom is 0.305 e. The van der Waals surface area contributed by atoms with Crippen LogP contribution in [0.15, 0.2) is 6.20 Å². The van der Waals surface area contributed by atoms with Crippen LogP contribution < -0.4 is 5.73 Å². The van der Waals surface area contributed by atoms with Gasteiger partial charge in [-0.05, 0) is 6.42 Å². The SMILES string of the molecule is COC(=O)CCC(N)c1cn(C)nn1. The van der Waals surface area contributed by atoms with Gasteiger partial charge in [0, 0.05) is 19.7 Å². The Balaban J connectivity index is 2.42. The van der Waals surface area contributed by atoms with E-state index in [9.17, 15) is 4.79 Å². The summed E-state index contributed by atoms with van der Waals surface area (Å²) in [4.78, 5) is 10.8. The van der Waals surface area contributed by atoms with Crippen LogP contribution in [0.5, 0.6) is 0 Å². The molecule has 0 saturated heterocycles. The Bertz CT molecular complexity index is 310. The summed E-state index contributed by atoms with van der Waals surface area (Å²) in [6.45, 7) is 0. The summed E-state index contributed by atoms with van der Waals surface area (Å²) in [5.41, 5.74) is 6.48. The molecule has 6 nitrogen and oxygen atoms in total. The molecule has 1 rings (SSSR count). The van der Waals surface area contributed by atoms with Gasteiger partial charge in [0.2, 0.25) is 0 Å². The van der Waals surface area contributed by atoms with Crippen molar-refractivity contribution >= 4 is 5.97 Å². The average molecular weight is 198 g/mol. The Kier molecular flexibility index (Phi) is 3.58. The van der Waals surface area contributed by atoms with E-state index in [0.29, 0.717) is 18.5 Å². The summed E-state index contributed by atoms with van der Waals surface area (Å²) in [5.74, 6) is -0.260. The third-order valence-corrected chi connectivity index (χ3v) is 1.89. The predicted octanol–water partition coefficient (Wildman–Crippen LogP) is -0.232. The zero-order valence-corrected chi connectivity index (χ0v) is 8.30. The normalized spacial score (nSPS) is 12.5. The zero-order valence-electron chi connectivity index (χ0n) is 8.30. The van der Waals surface area contributed by atoms with Crippen molar-refractivity contribution in [2.45, 2.75) is 18.9 Å². The van der Waals surface area contributed by atoms with Crippen molar-refractivity contribution < 1.29 is 9.53 Å². The molecule has 1 atom stereocenters. The minimum absolute atomic E-state index is 0.260. The number of carbonyl (C=O) groups is 1. The summed E-state index contributed by atoms with van der Waals surface area (Å²) in [6.07, 6.45) is 2.56. The van der Waals surface area contributed by atoms with Gasteiger partial charge in [-0.2, -0.15) is 0 Å². The Morgan fingerprint density at radius 1 is 1.79 bits per heavy atom. The summed E-state index contributed by atoms with van der Waals surface area (Å²) in [5, 5.41) is 7.61. The lowest BCUT2D eigenvalue weighted by Gasteiger charge is -2.05. The molecule has 0 aliphatic heterocycles. The number of nitrogens with zero attached hydrogens (tertiary/aromatic N) is 3. The number of hydrogen-bond donors (Lipinski definition) is 1. The monoisotopic (exact) mass is 198 g/mol. The van der Waals surface area contributed by atoms with Gasteiger partial charge in [-0.25, -0.2) is 0 Å². The highest BCUT2D eigenvalue weighted by atomic mass is 16.5. The number of rotatable bonds is 4. The van der Waals surface area contributed by atoms with Crippen LogP contribution in [0.4, 0.5) is 0 Å². The number of aromatic nitrogens is 3. The fourth-order valence-corrected chi connectivity index (χ4v) is 1.06. The summed E-state index contributed by atoms with van der Waals surface area (Å²) < 4.78 is 6.08. The number of aryl methyl sites for hydroxylation is 1. The van der Waals surface area contributed by atoms with Crippen LogP contribution in [0.25, 0.3) is 0 Å². The molecular weight excluding hydrogens is 184 g/mol. The van der Waals surface area contributed by atoms with Gasteiger partial charge in [0.15, 0.2) is 0 Å². The number of hydrogen-bond acceptors (Lipinski definition) is 5. The molecule has 0 aliphatic carbocycles. The molecule has 6 heteroatoms. The summed E-state index contributed by atoms with van der Waals surface area (Å²) >= 11 is 0. The standard InChI is InChI=1S/C8H14N4O2/c1-12-5-7(10-11-12)6(9)3-4-8(13)14-2/h5-6H,3-4,9H2,1-2H3. The highest BCUT2D eigenvalue weighted by Gasteiger charge is 2.12. The number of methoxy groups -OCH3 is 1. The molecule has 1 aromatic rings. The molecule has 0 saturated carbocycles. The molecule has 14 heavy (non-hydrogen) atoms. The highest BCUT2D eigenvalue weighted by Crippen LogP contribution is 2.12. The molecule has 2 N–H and O–H groups in total. The van der Waals surface area contributed by atoms with E-state index < -0.39 is 0 Å². The van der Waals surface area contributed by atoms with Crippen molar-refractivity contribution in [3.63, 3.8) is 0 Å². The first-order chi connectivity index (χ1) is 6.63. The van der Waals surface area contributed by atoms with Crippen molar-refractivity contribution in [1.29, 1.82) is 0 Å². The first kappa shape index (κ1) is 10.6. The molecule has 0 aromatic carbocycles.